The first-order valence-electron chi connectivity index (χ1n) is 7.68. The van der Waals surface area contributed by atoms with E-state index >= 15 is 0 Å². The van der Waals surface area contributed by atoms with Crippen molar-refractivity contribution in [1.82, 2.24) is 9.97 Å². The Hall–Kier alpha value is -2.10. The van der Waals surface area contributed by atoms with E-state index in [1.165, 1.54) is 5.56 Å². The van der Waals surface area contributed by atoms with Crippen LogP contribution in [0.5, 0.6) is 5.75 Å². The summed E-state index contributed by atoms with van der Waals surface area (Å²) in [7, 11) is 0. The van der Waals surface area contributed by atoms with Crippen molar-refractivity contribution in [1.29, 1.82) is 0 Å². The molecule has 0 unspecified atom stereocenters. The summed E-state index contributed by atoms with van der Waals surface area (Å²) < 4.78 is 5.57. The van der Waals surface area contributed by atoms with Gasteiger partial charge in [0.2, 0.25) is 0 Å². The fourth-order valence-corrected chi connectivity index (χ4v) is 2.49. The van der Waals surface area contributed by atoms with Gasteiger partial charge in [0.05, 0.1) is 12.3 Å². The second-order valence-corrected chi connectivity index (χ2v) is 5.26. The molecule has 0 amide bonds. The van der Waals surface area contributed by atoms with E-state index in [1.807, 2.05) is 12.1 Å². The minimum Gasteiger partial charge on any atom is -0.493 e. The smallest absolute Gasteiger partial charge is 0.131 e. The molecule has 2 heterocycles. The fraction of sp³-hybridized carbons (Fsp3) is 0.412. The third-order valence-electron chi connectivity index (χ3n) is 3.63. The minimum absolute atomic E-state index is 0.784. The Balaban J connectivity index is 1.96. The molecule has 1 aliphatic rings. The first-order valence-corrected chi connectivity index (χ1v) is 7.68. The predicted molar refractivity (Wildman–Crippen MR) is 84.8 cm³/mol. The summed E-state index contributed by atoms with van der Waals surface area (Å²) in [6.45, 7) is 5.94. The first kappa shape index (κ1) is 13.9. The maximum atomic E-state index is 5.57. The van der Waals surface area contributed by atoms with Gasteiger partial charge in [0.15, 0.2) is 0 Å². The van der Waals surface area contributed by atoms with Crippen LogP contribution in [-0.4, -0.2) is 23.1 Å². The number of benzene rings is 1. The molecule has 0 aliphatic carbocycles. The van der Waals surface area contributed by atoms with Gasteiger partial charge in [-0.3, -0.25) is 0 Å². The number of anilines is 1. The number of aryl methyl sites for hydroxylation is 1. The molecule has 0 bridgehead atoms. The number of fused-ring (bicyclic) bond motifs is 1. The predicted octanol–water partition coefficient (Wildman–Crippen LogP) is 3.46. The van der Waals surface area contributed by atoms with Crippen LogP contribution < -0.4 is 10.1 Å². The lowest BCUT2D eigenvalue weighted by molar-refractivity contribution is 0.357. The van der Waals surface area contributed by atoms with Crippen molar-refractivity contribution in [3.8, 4) is 17.0 Å². The van der Waals surface area contributed by atoms with E-state index in [0.29, 0.717) is 0 Å². The van der Waals surface area contributed by atoms with Crippen molar-refractivity contribution in [2.75, 3.05) is 18.5 Å². The van der Waals surface area contributed by atoms with Gasteiger partial charge in [0, 0.05) is 31.0 Å². The Labute approximate surface area is 125 Å². The van der Waals surface area contributed by atoms with Gasteiger partial charge in [-0.2, -0.15) is 0 Å². The van der Waals surface area contributed by atoms with Crippen LogP contribution in [-0.2, 0) is 12.8 Å². The van der Waals surface area contributed by atoms with E-state index in [4.69, 9.17) is 4.74 Å². The monoisotopic (exact) mass is 283 g/mol. The molecule has 0 radical (unpaired) electrons. The Kier molecular flexibility index (Phi) is 4.04. The number of hydrogen-bond acceptors (Lipinski definition) is 4. The molecule has 0 fully saturated rings. The molecule has 1 N–H and O–H groups in total. The lowest BCUT2D eigenvalue weighted by Crippen LogP contribution is -2.05. The molecule has 21 heavy (non-hydrogen) atoms. The van der Waals surface area contributed by atoms with Gasteiger partial charge >= 0.3 is 0 Å². The Morgan fingerprint density at radius 1 is 1.19 bits per heavy atom. The molecule has 2 aromatic rings. The van der Waals surface area contributed by atoms with Crippen LogP contribution in [0.15, 0.2) is 24.3 Å². The molecule has 4 nitrogen and oxygen atoms in total. The van der Waals surface area contributed by atoms with Crippen molar-refractivity contribution in [2.24, 2.45) is 0 Å². The minimum atomic E-state index is 0.784. The molecule has 4 heteroatoms. The number of hydrogen-bond donors (Lipinski definition) is 1. The maximum Gasteiger partial charge on any atom is 0.131 e. The van der Waals surface area contributed by atoms with E-state index in [1.54, 1.807) is 0 Å². The fourth-order valence-electron chi connectivity index (χ4n) is 2.49. The molecule has 1 aromatic carbocycles. The Morgan fingerprint density at radius 3 is 2.90 bits per heavy atom. The number of rotatable bonds is 5. The number of nitrogens with zero attached hydrogens (tertiary/aromatic N) is 2. The lowest BCUT2D eigenvalue weighted by Gasteiger charge is -2.09. The number of nitrogens with one attached hydrogen (secondary N) is 1. The van der Waals surface area contributed by atoms with Crippen LogP contribution in [0.2, 0.25) is 0 Å². The van der Waals surface area contributed by atoms with Gasteiger partial charge in [0.25, 0.3) is 0 Å². The zero-order chi connectivity index (χ0) is 14.7. The summed E-state index contributed by atoms with van der Waals surface area (Å²) in [6, 6.07) is 8.35. The van der Waals surface area contributed by atoms with Crippen molar-refractivity contribution in [3.05, 3.63) is 35.7 Å². The largest absolute Gasteiger partial charge is 0.493 e. The molecular formula is C17H21N3O. The van der Waals surface area contributed by atoms with Gasteiger partial charge in [-0.15, -0.1) is 0 Å². The van der Waals surface area contributed by atoms with Gasteiger partial charge in [-0.05, 0) is 30.2 Å². The van der Waals surface area contributed by atoms with Gasteiger partial charge in [0.1, 0.15) is 17.4 Å². The summed E-state index contributed by atoms with van der Waals surface area (Å²) in [6.07, 6.45) is 2.90. The van der Waals surface area contributed by atoms with Crippen LogP contribution in [0.25, 0.3) is 11.3 Å². The Morgan fingerprint density at radius 2 is 2.10 bits per heavy atom. The van der Waals surface area contributed by atoms with E-state index in [-0.39, 0.29) is 0 Å². The highest BCUT2D eigenvalue weighted by Crippen LogP contribution is 2.30. The summed E-state index contributed by atoms with van der Waals surface area (Å²) >= 11 is 0. The maximum absolute atomic E-state index is 5.57. The molecule has 110 valence electrons. The quantitative estimate of drug-likeness (QED) is 0.913. The van der Waals surface area contributed by atoms with Crippen LogP contribution in [0, 0.1) is 0 Å². The highest BCUT2D eigenvalue weighted by Gasteiger charge is 2.14. The average Bonchev–Trinajstić information content (AvgIpc) is 3.00. The van der Waals surface area contributed by atoms with Gasteiger partial charge in [-0.25, -0.2) is 9.97 Å². The van der Waals surface area contributed by atoms with Crippen LogP contribution in [0.1, 0.15) is 31.7 Å². The highest BCUT2D eigenvalue weighted by molar-refractivity contribution is 5.65. The topological polar surface area (TPSA) is 47.0 Å². The molecule has 3 rings (SSSR count). The molecule has 1 aliphatic heterocycles. The van der Waals surface area contributed by atoms with Crippen LogP contribution in [0.3, 0.4) is 0 Å². The molecule has 1 aromatic heterocycles. The Bertz CT molecular complexity index is 640. The SMILES string of the molecule is CCCNc1cc(-c2ccc3c(c2)CCO3)nc(CC)n1. The number of aromatic nitrogens is 2. The third kappa shape index (κ3) is 2.99. The lowest BCUT2D eigenvalue weighted by atomic mass is 10.1. The van der Waals surface area contributed by atoms with E-state index < -0.39 is 0 Å². The summed E-state index contributed by atoms with van der Waals surface area (Å²) in [5.41, 5.74) is 3.39. The van der Waals surface area contributed by atoms with E-state index in [0.717, 1.165) is 61.1 Å². The van der Waals surface area contributed by atoms with Crippen molar-refractivity contribution >= 4 is 5.82 Å². The van der Waals surface area contributed by atoms with Crippen molar-refractivity contribution in [2.45, 2.75) is 33.1 Å². The summed E-state index contributed by atoms with van der Waals surface area (Å²) in [4.78, 5) is 9.20. The van der Waals surface area contributed by atoms with Crippen molar-refractivity contribution < 1.29 is 4.74 Å². The van der Waals surface area contributed by atoms with Gasteiger partial charge < -0.3 is 10.1 Å². The average molecular weight is 283 g/mol. The van der Waals surface area contributed by atoms with E-state index in [2.05, 4.69) is 41.3 Å². The highest BCUT2D eigenvalue weighted by atomic mass is 16.5. The van der Waals surface area contributed by atoms with E-state index in [9.17, 15) is 0 Å². The normalized spacial score (nSPS) is 12.9. The van der Waals surface area contributed by atoms with Crippen molar-refractivity contribution in [3.63, 3.8) is 0 Å². The van der Waals surface area contributed by atoms with Crippen LogP contribution >= 0.6 is 0 Å². The summed E-state index contributed by atoms with van der Waals surface area (Å²) in [5, 5.41) is 3.36. The summed E-state index contributed by atoms with van der Waals surface area (Å²) in [5.74, 6) is 2.80. The molecule has 0 saturated heterocycles. The first-order chi connectivity index (χ1) is 10.3. The molecular weight excluding hydrogens is 262 g/mol. The zero-order valence-electron chi connectivity index (χ0n) is 12.6. The standard InChI is InChI=1S/C17H21N3O/c1-3-8-18-17-11-14(19-16(4-2)20-17)12-5-6-15-13(10-12)7-9-21-15/h5-6,10-11H,3-4,7-9H2,1-2H3,(H,18,19,20). The third-order valence-corrected chi connectivity index (χ3v) is 3.63. The second kappa shape index (κ2) is 6.12. The zero-order valence-corrected chi connectivity index (χ0v) is 12.6. The van der Waals surface area contributed by atoms with Gasteiger partial charge in [-0.1, -0.05) is 13.8 Å². The molecule has 0 atom stereocenters. The van der Waals surface area contributed by atoms with Crippen LogP contribution in [0.4, 0.5) is 5.82 Å². The molecule has 0 spiro atoms. The molecule has 0 saturated carbocycles. The number of ether oxygens (including phenoxy) is 1. The second-order valence-electron chi connectivity index (χ2n) is 5.26.